The van der Waals surface area contributed by atoms with Gasteiger partial charge in [-0.1, -0.05) is 18.2 Å². The summed E-state index contributed by atoms with van der Waals surface area (Å²) in [5.74, 6) is 0.0319. The molecular weight excluding hydrogens is 238 g/mol. The van der Waals surface area contributed by atoms with Gasteiger partial charge in [-0.25, -0.2) is 0 Å². The van der Waals surface area contributed by atoms with Crippen LogP contribution in [0.15, 0.2) is 24.3 Å². The van der Waals surface area contributed by atoms with Crippen molar-refractivity contribution < 1.29 is 4.79 Å². The Labute approximate surface area is 116 Å². The number of amides is 1. The van der Waals surface area contributed by atoms with E-state index in [4.69, 9.17) is 5.73 Å². The van der Waals surface area contributed by atoms with Gasteiger partial charge in [0, 0.05) is 17.8 Å². The lowest BCUT2D eigenvalue weighted by Gasteiger charge is -2.28. The van der Waals surface area contributed by atoms with Crippen molar-refractivity contribution in [2.24, 2.45) is 0 Å². The molecule has 0 aromatic heterocycles. The number of nitrogens with zero attached hydrogens (tertiary/aromatic N) is 1. The summed E-state index contributed by atoms with van der Waals surface area (Å²) >= 11 is 0. The summed E-state index contributed by atoms with van der Waals surface area (Å²) in [6.07, 6.45) is 0. The highest BCUT2D eigenvalue weighted by Gasteiger charge is 2.22. The van der Waals surface area contributed by atoms with Gasteiger partial charge in [0.2, 0.25) is 5.91 Å². The van der Waals surface area contributed by atoms with Crippen LogP contribution in [-0.4, -0.2) is 29.4 Å². The first-order chi connectivity index (χ1) is 8.70. The smallest absolute Gasteiger partial charge is 0.237 e. The largest absolute Gasteiger partial charge is 0.398 e. The summed E-state index contributed by atoms with van der Waals surface area (Å²) < 4.78 is 0. The first-order valence-electron chi connectivity index (χ1n) is 6.56. The van der Waals surface area contributed by atoms with E-state index in [0.29, 0.717) is 6.54 Å². The standard InChI is InChI=1S/C15H25N3O/c1-11(14(19)17-15(2,3)4)18(5)10-12-8-6-7-9-13(12)16/h6-9,11H,10,16H2,1-5H3,(H,17,19). The summed E-state index contributed by atoms with van der Waals surface area (Å²) in [6, 6.07) is 7.54. The predicted molar refractivity (Wildman–Crippen MR) is 79.7 cm³/mol. The van der Waals surface area contributed by atoms with Gasteiger partial charge in [0.25, 0.3) is 0 Å². The molecule has 0 fully saturated rings. The first kappa shape index (κ1) is 15.5. The van der Waals surface area contributed by atoms with E-state index in [2.05, 4.69) is 5.32 Å². The first-order valence-corrected chi connectivity index (χ1v) is 6.56. The van der Waals surface area contributed by atoms with E-state index in [1.165, 1.54) is 0 Å². The minimum Gasteiger partial charge on any atom is -0.398 e. The Balaban J connectivity index is 2.65. The summed E-state index contributed by atoms with van der Waals surface area (Å²) in [4.78, 5) is 14.1. The highest BCUT2D eigenvalue weighted by atomic mass is 16.2. The van der Waals surface area contributed by atoms with Crippen LogP contribution in [0.5, 0.6) is 0 Å². The number of rotatable bonds is 4. The lowest BCUT2D eigenvalue weighted by atomic mass is 10.1. The molecule has 1 aromatic rings. The molecule has 1 rings (SSSR count). The van der Waals surface area contributed by atoms with Crippen molar-refractivity contribution in [3.8, 4) is 0 Å². The molecule has 0 aliphatic carbocycles. The third-order valence-electron chi connectivity index (χ3n) is 3.01. The Bertz CT molecular complexity index is 437. The Hall–Kier alpha value is -1.55. The molecule has 0 spiro atoms. The number of nitrogens with one attached hydrogen (secondary N) is 1. The van der Waals surface area contributed by atoms with Crippen LogP contribution in [0.4, 0.5) is 5.69 Å². The number of para-hydroxylation sites is 1. The van der Waals surface area contributed by atoms with Crippen LogP contribution in [0.2, 0.25) is 0 Å². The van der Waals surface area contributed by atoms with Gasteiger partial charge in [-0.2, -0.15) is 0 Å². The zero-order valence-electron chi connectivity index (χ0n) is 12.5. The predicted octanol–water partition coefficient (Wildman–Crippen LogP) is 2.00. The Kier molecular flexibility index (Phi) is 4.95. The molecule has 4 heteroatoms. The Morgan fingerprint density at radius 1 is 1.37 bits per heavy atom. The number of likely N-dealkylation sites (N-methyl/N-ethyl adjacent to an activating group) is 1. The zero-order valence-corrected chi connectivity index (χ0v) is 12.5. The lowest BCUT2D eigenvalue weighted by Crippen LogP contribution is -2.49. The van der Waals surface area contributed by atoms with E-state index in [-0.39, 0.29) is 17.5 Å². The molecule has 106 valence electrons. The van der Waals surface area contributed by atoms with Gasteiger partial charge in [0.05, 0.1) is 6.04 Å². The van der Waals surface area contributed by atoms with Crippen LogP contribution < -0.4 is 11.1 Å². The average Bonchev–Trinajstić information content (AvgIpc) is 2.28. The third-order valence-corrected chi connectivity index (χ3v) is 3.01. The van der Waals surface area contributed by atoms with Crippen LogP contribution >= 0.6 is 0 Å². The molecule has 1 atom stereocenters. The second-order valence-electron chi connectivity index (χ2n) is 6.03. The highest BCUT2D eigenvalue weighted by Crippen LogP contribution is 2.14. The maximum Gasteiger partial charge on any atom is 0.237 e. The molecule has 1 aromatic carbocycles. The van der Waals surface area contributed by atoms with Crippen molar-refractivity contribution in [3.63, 3.8) is 0 Å². The monoisotopic (exact) mass is 263 g/mol. The van der Waals surface area contributed by atoms with E-state index in [1.54, 1.807) is 0 Å². The zero-order chi connectivity index (χ0) is 14.6. The number of hydrogen-bond acceptors (Lipinski definition) is 3. The van der Waals surface area contributed by atoms with Gasteiger partial charge in [-0.3, -0.25) is 9.69 Å². The molecule has 3 N–H and O–H groups in total. The van der Waals surface area contributed by atoms with Gasteiger partial charge in [0.1, 0.15) is 0 Å². The van der Waals surface area contributed by atoms with E-state index >= 15 is 0 Å². The number of anilines is 1. The number of hydrogen-bond donors (Lipinski definition) is 2. The van der Waals surface area contributed by atoms with Crippen molar-refractivity contribution in [2.45, 2.75) is 45.8 Å². The summed E-state index contributed by atoms with van der Waals surface area (Å²) in [7, 11) is 1.93. The van der Waals surface area contributed by atoms with Gasteiger partial charge in [-0.15, -0.1) is 0 Å². The maximum atomic E-state index is 12.1. The molecule has 4 nitrogen and oxygen atoms in total. The van der Waals surface area contributed by atoms with E-state index < -0.39 is 0 Å². The summed E-state index contributed by atoms with van der Waals surface area (Å²) in [5.41, 5.74) is 7.51. The number of nitrogens with two attached hydrogens (primary N) is 1. The molecule has 0 aliphatic rings. The SMILES string of the molecule is CC(C(=O)NC(C)(C)C)N(C)Cc1ccccc1N. The number of carbonyl (C=O) groups is 1. The van der Waals surface area contributed by atoms with Crippen molar-refractivity contribution >= 4 is 11.6 Å². The number of nitrogen functional groups attached to an aromatic ring is 1. The third kappa shape index (κ3) is 4.91. The second-order valence-corrected chi connectivity index (χ2v) is 6.03. The molecule has 0 saturated carbocycles. The number of benzene rings is 1. The van der Waals surface area contributed by atoms with Crippen LogP contribution in [0.25, 0.3) is 0 Å². The van der Waals surface area contributed by atoms with Crippen molar-refractivity contribution in [2.75, 3.05) is 12.8 Å². The van der Waals surface area contributed by atoms with Crippen LogP contribution in [0.3, 0.4) is 0 Å². The second kappa shape index (κ2) is 6.06. The molecule has 0 bridgehead atoms. The van der Waals surface area contributed by atoms with Crippen LogP contribution in [-0.2, 0) is 11.3 Å². The molecule has 0 aliphatic heterocycles. The molecular formula is C15H25N3O. The van der Waals surface area contributed by atoms with E-state index in [1.807, 2.05) is 63.9 Å². The summed E-state index contributed by atoms with van der Waals surface area (Å²) in [6.45, 7) is 8.50. The van der Waals surface area contributed by atoms with Gasteiger partial charge < -0.3 is 11.1 Å². The highest BCUT2D eigenvalue weighted by molar-refractivity contribution is 5.81. The molecule has 0 radical (unpaired) electrons. The lowest BCUT2D eigenvalue weighted by molar-refractivity contribution is -0.127. The van der Waals surface area contributed by atoms with Crippen molar-refractivity contribution in [1.29, 1.82) is 0 Å². The van der Waals surface area contributed by atoms with Gasteiger partial charge in [-0.05, 0) is 46.4 Å². The normalized spacial score (nSPS) is 13.4. The number of carbonyl (C=O) groups excluding carboxylic acids is 1. The fraction of sp³-hybridized carbons (Fsp3) is 0.533. The van der Waals surface area contributed by atoms with Gasteiger partial charge in [0.15, 0.2) is 0 Å². The van der Waals surface area contributed by atoms with Gasteiger partial charge >= 0.3 is 0 Å². The minimum atomic E-state index is -0.210. The van der Waals surface area contributed by atoms with E-state index in [0.717, 1.165) is 11.3 Å². The molecule has 0 saturated heterocycles. The van der Waals surface area contributed by atoms with Crippen molar-refractivity contribution in [3.05, 3.63) is 29.8 Å². The molecule has 19 heavy (non-hydrogen) atoms. The quantitative estimate of drug-likeness (QED) is 0.817. The van der Waals surface area contributed by atoms with Crippen LogP contribution in [0, 0.1) is 0 Å². The molecule has 1 amide bonds. The fourth-order valence-electron chi connectivity index (χ4n) is 1.76. The van der Waals surface area contributed by atoms with E-state index in [9.17, 15) is 4.79 Å². The Morgan fingerprint density at radius 3 is 2.47 bits per heavy atom. The molecule has 1 unspecified atom stereocenters. The fourth-order valence-corrected chi connectivity index (χ4v) is 1.76. The topological polar surface area (TPSA) is 58.4 Å². The molecule has 0 heterocycles. The minimum absolute atomic E-state index is 0.0319. The van der Waals surface area contributed by atoms with Crippen molar-refractivity contribution in [1.82, 2.24) is 10.2 Å². The summed E-state index contributed by atoms with van der Waals surface area (Å²) in [5, 5.41) is 2.99. The van der Waals surface area contributed by atoms with Crippen LogP contribution in [0.1, 0.15) is 33.3 Å². The average molecular weight is 263 g/mol. The Morgan fingerprint density at radius 2 is 1.95 bits per heavy atom. The maximum absolute atomic E-state index is 12.1.